The van der Waals surface area contributed by atoms with Crippen molar-refractivity contribution < 1.29 is 4.79 Å². The summed E-state index contributed by atoms with van der Waals surface area (Å²) in [4.78, 5) is 11.6. The van der Waals surface area contributed by atoms with Gasteiger partial charge in [0.15, 0.2) is 5.82 Å². The molecule has 2 aromatic rings. The zero-order valence-electron chi connectivity index (χ0n) is 11.3. The zero-order valence-corrected chi connectivity index (χ0v) is 12.8. The van der Waals surface area contributed by atoms with Gasteiger partial charge in [0.25, 0.3) is 0 Å². The molecule has 0 unspecified atom stereocenters. The fraction of sp³-hybridized carbons (Fsp3) is 0.267. The molecule has 1 N–H and O–H groups in total. The van der Waals surface area contributed by atoms with E-state index in [0.29, 0.717) is 5.82 Å². The van der Waals surface area contributed by atoms with Crippen LogP contribution >= 0.6 is 23.4 Å². The van der Waals surface area contributed by atoms with Crippen LogP contribution in [-0.4, -0.2) is 16.1 Å². The van der Waals surface area contributed by atoms with Gasteiger partial charge in [0.1, 0.15) is 5.03 Å². The van der Waals surface area contributed by atoms with Gasteiger partial charge in [-0.1, -0.05) is 35.5 Å². The van der Waals surface area contributed by atoms with E-state index in [1.54, 1.807) is 17.8 Å². The summed E-state index contributed by atoms with van der Waals surface area (Å²) in [5.41, 5.74) is 1.18. The minimum Gasteiger partial charge on any atom is -0.309 e. The lowest BCUT2D eigenvalue weighted by molar-refractivity contribution is -0.117. The van der Waals surface area contributed by atoms with E-state index < -0.39 is 0 Å². The average molecular weight is 320 g/mol. The second kappa shape index (κ2) is 6.45. The van der Waals surface area contributed by atoms with Crippen LogP contribution in [0.3, 0.4) is 0 Å². The fourth-order valence-corrected chi connectivity index (χ4v) is 2.67. The van der Waals surface area contributed by atoms with Crippen LogP contribution in [-0.2, 0) is 10.5 Å². The minimum atomic E-state index is 0.0471. The Bertz CT molecular complexity index is 626. The Labute approximate surface area is 132 Å². The second-order valence-corrected chi connectivity index (χ2v) is 6.37. The quantitative estimate of drug-likeness (QED) is 0.852. The number of aromatic nitrogens is 2. The van der Waals surface area contributed by atoms with Crippen LogP contribution in [0.2, 0.25) is 5.02 Å². The lowest BCUT2D eigenvalue weighted by Gasteiger charge is -2.04. The summed E-state index contributed by atoms with van der Waals surface area (Å²) >= 11 is 7.45. The highest BCUT2D eigenvalue weighted by atomic mass is 35.5. The molecule has 0 bridgehead atoms. The van der Waals surface area contributed by atoms with Crippen LogP contribution in [0.1, 0.15) is 18.4 Å². The van der Waals surface area contributed by atoms with Crippen LogP contribution in [0, 0.1) is 5.92 Å². The molecule has 1 aliphatic rings. The Kier molecular flexibility index (Phi) is 4.41. The lowest BCUT2D eigenvalue weighted by atomic mass is 10.2. The van der Waals surface area contributed by atoms with Gasteiger partial charge < -0.3 is 5.32 Å². The summed E-state index contributed by atoms with van der Waals surface area (Å²) in [5.74, 6) is 1.54. The molecular formula is C15H14ClN3OS. The first-order valence-electron chi connectivity index (χ1n) is 6.72. The molecular weight excluding hydrogens is 306 g/mol. The zero-order chi connectivity index (χ0) is 14.7. The van der Waals surface area contributed by atoms with E-state index in [-0.39, 0.29) is 11.8 Å². The Balaban J connectivity index is 1.54. The molecule has 0 atom stereocenters. The highest BCUT2D eigenvalue weighted by molar-refractivity contribution is 7.98. The van der Waals surface area contributed by atoms with Crippen LogP contribution in [0.5, 0.6) is 0 Å². The van der Waals surface area contributed by atoms with Crippen LogP contribution < -0.4 is 5.32 Å². The second-order valence-electron chi connectivity index (χ2n) is 4.94. The van der Waals surface area contributed by atoms with Gasteiger partial charge in [-0.25, -0.2) is 0 Å². The number of hydrogen-bond acceptors (Lipinski definition) is 4. The molecule has 0 radical (unpaired) electrons. The summed E-state index contributed by atoms with van der Waals surface area (Å²) in [5, 5.41) is 12.5. The van der Waals surface area contributed by atoms with Crippen molar-refractivity contribution in [3.63, 3.8) is 0 Å². The average Bonchev–Trinajstić information content (AvgIpc) is 3.33. The Hall–Kier alpha value is -1.59. The van der Waals surface area contributed by atoms with E-state index in [1.807, 2.05) is 30.3 Å². The van der Waals surface area contributed by atoms with Crippen LogP contribution in [0.25, 0.3) is 0 Å². The number of nitrogens with one attached hydrogen (secondary N) is 1. The summed E-state index contributed by atoms with van der Waals surface area (Å²) in [7, 11) is 0. The molecule has 1 aromatic carbocycles. The van der Waals surface area contributed by atoms with Crippen molar-refractivity contribution in [2.45, 2.75) is 23.6 Å². The molecule has 3 rings (SSSR count). The number of thioether (sulfide) groups is 1. The van der Waals surface area contributed by atoms with Crippen molar-refractivity contribution in [2.75, 3.05) is 5.32 Å². The van der Waals surface area contributed by atoms with Gasteiger partial charge in [-0.3, -0.25) is 4.79 Å². The summed E-state index contributed by atoms with van der Waals surface area (Å²) < 4.78 is 0. The van der Waals surface area contributed by atoms with E-state index >= 15 is 0 Å². The van der Waals surface area contributed by atoms with E-state index in [9.17, 15) is 4.79 Å². The molecule has 1 heterocycles. The van der Waals surface area contributed by atoms with Crippen molar-refractivity contribution in [3.8, 4) is 0 Å². The predicted molar refractivity (Wildman–Crippen MR) is 84.4 cm³/mol. The topological polar surface area (TPSA) is 54.9 Å². The highest BCUT2D eigenvalue weighted by Crippen LogP contribution is 2.30. The molecule has 1 amide bonds. The monoisotopic (exact) mass is 319 g/mol. The van der Waals surface area contributed by atoms with E-state index in [2.05, 4.69) is 15.5 Å². The number of hydrogen-bond donors (Lipinski definition) is 1. The highest BCUT2D eigenvalue weighted by Gasteiger charge is 2.29. The van der Waals surface area contributed by atoms with E-state index in [4.69, 9.17) is 11.6 Å². The molecule has 1 fully saturated rings. The molecule has 1 aliphatic carbocycles. The molecule has 108 valence electrons. The normalized spacial score (nSPS) is 14.0. The Morgan fingerprint density at radius 2 is 1.95 bits per heavy atom. The van der Waals surface area contributed by atoms with Crippen LogP contribution in [0.4, 0.5) is 5.82 Å². The number of rotatable bonds is 5. The molecule has 6 heteroatoms. The molecule has 21 heavy (non-hydrogen) atoms. The first-order chi connectivity index (χ1) is 10.2. The van der Waals surface area contributed by atoms with Gasteiger partial charge in [-0.2, -0.15) is 0 Å². The van der Waals surface area contributed by atoms with Crippen molar-refractivity contribution in [1.82, 2.24) is 10.2 Å². The lowest BCUT2D eigenvalue weighted by Crippen LogP contribution is -2.14. The number of benzene rings is 1. The van der Waals surface area contributed by atoms with Crippen molar-refractivity contribution in [3.05, 3.63) is 47.0 Å². The van der Waals surface area contributed by atoms with Gasteiger partial charge in [-0.15, -0.1) is 10.2 Å². The van der Waals surface area contributed by atoms with Crippen molar-refractivity contribution in [1.29, 1.82) is 0 Å². The maximum atomic E-state index is 11.6. The predicted octanol–water partition coefficient (Wildman–Crippen LogP) is 3.77. The van der Waals surface area contributed by atoms with Crippen LogP contribution in [0.15, 0.2) is 41.4 Å². The third-order valence-corrected chi connectivity index (χ3v) is 4.38. The third-order valence-electron chi connectivity index (χ3n) is 3.14. The number of carbonyl (C=O) groups excluding carboxylic acids is 1. The number of halogens is 1. The number of amides is 1. The first kappa shape index (κ1) is 14.4. The number of carbonyl (C=O) groups is 1. The van der Waals surface area contributed by atoms with E-state index in [0.717, 1.165) is 28.6 Å². The molecule has 0 spiro atoms. The first-order valence-corrected chi connectivity index (χ1v) is 8.09. The van der Waals surface area contributed by atoms with Gasteiger partial charge in [0.05, 0.1) is 0 Å². The molecule has 1 aromatic heterocycles. The standard InChI is InChI=1S/C15H14ClN3OS/c16-12-5-1-10(2-6-12)9-21-14-8-7-13(18-19-14)17-15(20)11-3-4-11/h1-2,5-8,11H,3-4,9H2,(H,17,18,20). The third kappa shape index (κ3) is 4.19. The van der Waals surface area contributed by atoms with E-state index in [1.165, 1.54) is 5.56 Å². The maximum Gasteiger partial charge on any atom is 0.228 e. The maximum absolute atomic E-state index is 11.6. The summed E-state index contributed by atoms with van der Waals surface area (Å²) in [6.07, 6.45) is 1.96. The SMILES string of the molecule is O=C(Nc1ccc(SCc2ccc(Cl)cc2)nn1)C1CC1. The van der Waals surface area contributed by atoms with Crippen molar-refractivity contribution >= 4 is 35.1 Å². The van der Waals surface area contributed by atoms with Gasteiger partial charge >= 0.3 is 0 Å². The largest absolute Gasteiger partial charge is 0.309 e. The van der Waals surface area contributed by atoms with Crippen molar-refractivity contribution in [2.24, 2.45) is 5.92 Å². The number of anilines is 1. The van der Waals surface area contributed by atoms with Gasteiger partial charge in [0, 0.05) is 16.7 Å². The van der Waals surface area contributed by atoms with Gasteiger partial charge in [-0.05, 0) is 42.7 Å². The Morgan fingerprint density at radius 1 is 1.19 bits per heavy atom. The number of nitrogens with zero attached hydrogens (tertiary/aromatic N) is 2. The van der Waals surface area contributed by atoms with Gasteiger partial charge in [0.2, 0.25) is 5.91 Å². The minimum absolute atomic E-state index is 0.0471. The molecule has 0 aliphatic heterocycles. The molecule has 0 saturated heterocycles. The molecule has 4 nitrogen and oxygen atoms in total. The summed E-state index contributed by atoms with van der Waals surface area (Å²) in [6, 6.07) is 11.4. The summed E-state index contributed by atoms with van der Waals surface area (Å²) in [6.45, 7) is 0. The molecule has 1 saturated carbocycles. The smallest absolute Gasteiger partial charge is 0.228 e. The Morgan fingerprint density at radius 3 is 2.57 bits per heavy atom. The fourth-order valence-electron chi connectivity index (χ4n) is 1.78.